The van der Waals surface area contributed by atoms with Gasteiger partial charge in [-0.3, -0.25) is 0 Å². The number of hydrogen-bond acceptors (Lipinski definition) is 1. The van der Waals surface area contributed by atoms with Gasteiger partial charge in [-0.1, -0.05) is 26.3 Å². The van der Waals surface area contributed by atoms with Crippen molar-refractivity contribution in [3.05, 3.63) is 12.3 Å². The first kappa shape index (κ1) is 10.8. The fourth-order valence-corrected chi connectivity index (χ4v) is 0.957. The first-order valence-electron chi connectivity index (χ1n) is 4.17. The largest absolute Gasteiger partial charge is 0.499 e. The average Bonchev–Trinajstić information content (AvgIpc) is 1.99. The zero-order valence-corrected chi connectivity index (χ0v) is 7.99. The third-order valence-electron chi connectivity index (χ3n) is 1.43. The summed E-state index contributed by atoms with van der Waals surface area (Å²) >= 11 is 5.50. The Kier molecular flexibility index (Phi) is 7.81. The van der Waals surface area contributed by atoms with Crippen LogP contribution in [-0.2, 0) is 4.74 Å². The van der Waals surface area contributed by atoms with Crippen molar-refractivity contribution in [1.29, 1.82) is 0 Å². The summed E-state index contributed by atoms with van der Waals surface area (Å²) in [7, 11) is 0. The van der Waals surface area contributed by atoms with Gasteiger partial charge in [0, 0.05) is 12.3 Å². The molecule has 0 aromatic rings. The molecule has 1 nitrogen and oxygen atoms in total. The van der Waals surface area contributed by atoms with E-state index >= 15 is 0 Å². The second-order valence-corrected chi connectivity index (χ2v) is 2.91. The van der Waals surface area contributed by atoms with Gasteiger partial charge in [0.05, 0.1) is 12.4 Å². The number of hydrogen-bond donors (Lipinski definition) is 0. The zero-order valence-electron chi connectivity index (χ0n) is 7.24. The molecule has 0 bridgehead atoms. The van der Waals surface area contributed by atoms with Crippen molar-refractivity contribution in [1.82, 2.24) is 0 Å². The molecule has 0 unspecified atom stereocenters. The van der Waals surface area contributed by atoms with Crippen LogP contribution in [0.15, 0.2) is 12.3 Å². The fraction of sp³-hybridized carbons (Fsp3) is 0.778. The van der Waals surface area contributed by atoms with Gasteiger partial charge in [0.1, 0.15) is 0 Å². The predicted octanol–water partition coefficient (Wildman–Crippen LogP) is 3.34. The summed E-state index contributed by atoms with van der Waals surface area (Å²) in [6.07, 6.45) is 4.35. The van der Waals surface area contributed by atoms with Crippen LogP contribution in [0.25, 0.3) is 0 Å². The van der Waals surface area contributed by atoms with E-state index in [9.17, 15) is 0 Å². The van der Waals surface area contributed by atoms with Gasteiger partial charge in [-0.15, -0.1) is 11.6 Å². The number of alkyl halides is 1. The minimum absolute atomic E-state index is 0.604. The van der Waals surface area contributed by atoms with Crippen LogP contribution in [-0.4, -0.2) is 12.5 Å². The van der Waals surface area contributed by atoms with Crippen LogP contribution < -0.4 is 0 Å². The molecule has 0 aliphatic carbocycles. The molecule has 0 fully saturated rings. The lowest BCUT2D eigenvalue weighted by atomic mass is 10.3. The quantitative estimate of drug-likeness (QED) is 0.329. The molecule has 0 saturated carbocycles. The van der Waals surface area contributed by atoms with Gasteiger partial charge in [-0.25, -0.2) is 0 Å². The summed E-state index contributed by atoms with van der Waals surface area (Å²) in [5, 5.41) is 0. The van der Waals surface area contributed by atoms with Gasteiger partial charge >= 0.3 is 0 Å². The van der Waals surface area contributed by atoms with Gasteiger partial charge in [0.25, 0.3) is 0 Å². The van der Waals surface area contributed by atoms with Crippen LogP contribution in [0.5, 0.6) is 0 Å². The number of allylic oxidation sites excluding steroid dienone is 1. The van der Waals surface area contributed by atoms with Crippen LogP contribution in [0.4, 0.5) is 0 Å². The van der Waals surface area contributed by atoms with E-state index in [0.29, 0.717) is 5.88 Å². The smallest absolute Gasteiger partial charge is 0.0900 e. The highest BCUT2D eigenvalue weighted by Crippen LogP contribution is 2.03. The third-order valence-corrected chi connectivity index (χ3v) is 1.62. The topological polar surface area (TPSA) is 9.23 Å². The maximum atomic E-state index is 5.50. The van der Waals surface area contributed by atoms with Crippen LogP contribution >= 0.6 is 11.6 Å². The minimum Gasteiger partial charge on any atom is -0.499 e. The normalized spacial score (nSPS) is 9.64. The summed E-state index contributed by atoms with van der Waals surface area (Å²) in [5.74, 6) is 1.42. The Bertz CT molecular complexity index is 102. The van der Waals surface area contributed by atoms with Crippen molar-refractivity contribution < 1.29 is 4.74 Å². The molecular formula is C9H17ClO. The monoisotopic (exact) mass is 176 g/mol. The van der Waals surface area contributed by atoms with Crippen LogP contribution in [0, 0.1) is 0 Å². The lowest BCUT2D eigenvalue weighted by Gasteiger charge is -2.06. The fourth-order valence-electron chi connectivity index (χ4n) is 0.746. The second kappa shape index (κ2) is 7.93. The van der Waals surface area contributed by atoms with E-state index < -0.39 is 0 Å². The Labute approximate surface area is 74.4 Å². The Balaban J connectivity index is 3.04. The summed E-state index contributed by atoms with van der Waals surface area (Å²) in [4.78, 5) is 0. The first-order chi connectivity index (χ1) is 5.31. The van der Waals surface area contributed by atoms with E-state index in [1.165, 1.54) is 12.8 Å². The summed E-state index contributed by atoms with van der Waals surface area (Å²) < 4.78 is 5.31. The van der Waals surface area contributed by atoms with Crippen molar-refractivity contribution >= 4 is 11.6 Å². The first-order valence-corrected chi connectivity index (χ1v) is 4.71. The van der Waals surface area contributed by atoms with Crippen LogP contribution in [0.1, 0.15) is 32.6 Å². The lowest BCUT2D eigenvalue weighted by Crippen LogP contribution is -1.94. The molecule has 0 radical (unpaired) electrons. The number of halogens is 1. The molecule has 0 aromatic carbocycles. The second-order valence-electron chi connectivity index (χ2n) is 2.53. The molecule has 0 aliphatic heterocycles. The summed E-state index contributed by atoms with van der Waals surface area (Å²) in [5.41, 5.74) is 0. The van der Waals surface area contributed by atoms with E-state index in [1.54, 1.807) is 0 Å². The minimum atomic E-state index is 0.604. The Hall–Kier alpha value is -0.170. The van der Waals surface area contributed by atoms with Gasteiger partial charge in [-0.05, 0) is 6.42 Å². The summed E-state index contributed by atoms with van der Waals surface area (Å²) in [6.45, 7) is 6.70. The molecule has 0 amide bonds. The maximum Gasteiger partial charge on any atom is 0.0900 e. The molecule has 66 valence electrons. The maximum absolute atomic E-state index is 5.50. The van der Waals surface area contributed by atoms with Crippen molar-refractivity contribution in [2.75, 3.05) is 12.5 Å². The highest BCUT2D eigenvalue weighted by molar-refractivity contribution is 6.17. The molecule has 0 atom stereocenters. The molecule has 0 rings (SSSR count). The average molecular weight is 177 g/mol. The van der Waals surface area contributed by atoms with Gasteiger partial charge in [0.15, 0.2) is 0 Å². The van der Waals surface area contributed by atoms with Gasteiger partial charge < -0.3 is 4.74 Å². The Morgan fingerprint density at radius 1 is 1.45 bits per heavy atom. The standard InChI is InChI=1S/C9H17ClO/c1-3-4-5-8-11-9(2)6-7-10/h2-8H2,1H3. The third kappa shape index (κ3) is 7.73. The van der Waals surface area contributed by atoms with Crippen molar-refractivity contribution in [3.63, 3.8) is 0 Å². The lowest BCUT2D eigenvalue weighted by molar-refractivity contribution is 0.200. The predicted molar refractivity (Wildman–Crippen MR) is 50.0 cm³/mol. The molecule has 0 heterocycles. The highest BCUT2D eigenvalue weighted by atomic mass is 35.5. The number of rotatable bonds is 7. The van der Waals surface area contributed by atoms with Gasteiger partial charge in [-0.2, -0.15) is 0 Å². The van der Waals surface area contributed by atoms with E-state index in [-0.39, 0.29) is 0 Å². The molecule has 0 aromatic heterocycles. The SMILES string of the molecule is C=C(CCCl)OCCCCC. The van der Waals surface area contributed by atoms with E-state index in [0.717, 1.165) is 25.2 Å². The molecule has 0 aliphatic rings. The molecule has 0 spiro atoms. The van der Waals surface area contributed by atoms with Crippen LogP contribution in [0.3, 0.4) is 0 Å². The van der Waals surface area contributed by atoms with Crippen LogP contribution in [0.2, 0.25) is 0 Å². The molecule has 0 saturated heterocycles. The number of ether oxygens (including phenoxy) is 1. The molecular weight excluding hydrogens is 160 g/mol. The highest BCUT2D eigenvalue weighted by Gasteiger charge is 1.92. The molecule has 11 heavy (non-hydrogen) atoms. The molecule has 2 heteroatoms. The number of unbranched alkanes of at least 4 members (excludes halogenated alkanes) is 2. The van der Waals surface area contributed by atoms with E-state index in [4.69, 9.17) is 16.3 Å². The summed E-state index contributed by atoms with van der Waals surface area (Å²) in [6, 6.07) is 0. The van der Waals surface area contributed by atoms with Crippen molar-refractivity contribution in [3.8, 4) is 0 Å². The van der Waals surface area contributed by atoms with E-state index in [2.05, 4.69) is 13.5 Å². The Morgan fingerprint density at radius 3 is 2.73 bits per heavy atom. The zero-order chi connectivity index (χ0) is 8.53. The van der Waals surface area contributed by atoms with Gasteiger partial charge in [0.2, 0.25) is 0 Å². The molecule has 0 N–H and O–H groups in total. The van der Waals surface area contributed by atoms with Crippen molar-refractivity contribution in [2.24, 2.45) is 0 Å². The van der Waals surface area contributed by atoms with E-state index in [1.807, 2.05) is 0 Å². The Morgan fingerprint density at radius 2 is 2.18 bits per heavy atom. The van der Waals surface area contributed by atoms with Crippen molar-refractivity contribution in [2.45, 2.75) is 32.6 Å².